The van der Waals surface area contributed by atoms with E-state index in [2.05, 4.69) is 10.6 Å². The predicted molar refractivity (Wildman–Crippen MR) is 141 cm³/mol. The van der Waals surface area contributed by atoms with Gasteiger partial charge in [-0.05, 0) is 47.9 Å². The predicted octanol–water partition coefficient (Wildman–Crippen LogP) is 4.52. The highest BCUT2D eigenvalue weighted by Gasteiger charge is 2.45. The Morgan fingerprint density at radius 2 is 1.78 bits per heavy atom. The van der Waals surface area contributed by atoms with Gasteiger partial charge in [0, 0.05) is 13.5 Å². The first-order valence-corrected chi connectivity index (χ1v) is 12.2. The first-order chi connectivity index (χ1) is 17.9. The van der Waals surface area contributed by atoms with Crippen molar-refractivity contribution < 1.29 is 23.9 Å². The Hall–Kier alpha value is -3.88. The first-order valence-electron chi connectivity index (χ1n) is 11.8. The monoisotopic (exact) mass is 521 g/mol. The number of nitrogens with one attached hydrogen (secondary N) is 2. The Morgan fingerprint density at radius 3 is 2.46 bits per heavy atom. The van der Waals surface area contributed by atoms with Gasteiger partial charge in [-0.2, -0.15) is 0 Å². The van der Waals surface area contributed by atoms with Crippen molar-refractivity contribution in [3.63, 3.8) is 0 Å². The van der Waals surface area contributed by atoms with E-state index in [1.165, 1.54) is 0 Å². The number of carbonyl (C=O) groups excluding carboxylic acids is 3. The highest BCUT2D eigenvalue weighted by Crippen LogP contribution is 2.28. The van der Waals surface area contributed by atoms with E-state index in [1.807, 2.05) is 43.3 Å². The summed E-state index contributed by atoms with van der Waals surface area (Å²) in [6.07, 6.45) is 0.147. The number of ether oxygens (including phenoxy) is 2. The van der Waals surface area contributed by atoms with Crippen LogP contribution in [-0.4, -0.2) is 49.1 Å². The second kappa shape index (κ2) is 11.9. The third kappa shape index (κ3) is 6.28. The number of rotatable bonds is 10. The maximum atomic E-state index is 13.5. The third-order valence-corrected chi connectivity index (χ3v) is 6.32. The summed E-state index contributed by atoms with van der Waals surface area (Å²) in [5, 5.41) is 5.88. The number of aryl methyl sites for hydroxylation is 1. The molecule has 1 heterocycles. The Balaban J connectivity index is 1.57. The Morgan fingerprint density at radius 1 is 1.05 bits per heavy atom. The lowest BCUT2D eigenvalue weighted by atomic mass is 10.0. The summed E-state index contributed by atoms with van der Waals surface area (Å²) in [4.78, 5) is 41.0. The second-order valence-electron chi connectivity index (χ2n) is 8.68. The van der Waals surface area contributed by atoms with Gasteiger partial charge in [-0.3, -0.25) is 9.59 Å². The van der Waals surface area contributed by atoms with Crippen LogP contribution in [0.2, 0.25) is 5.02 Å². The van der Waals surface area contributed by atoms with Crippen molar-refractivity contribution >= 4 is 35.1 Å². The van der Waals surface area contributed by atoms with Crippen molar-refractivity contribution in [2.45, 2.75) is 25.4 Å². The number of hydrogen-bond acceptors (Lipinski definition) is 5. The molecule has 0 saturated carbocycles. The first kappa shape index (κ1) is 26.2. The minimum absolute atomic E-state index is 0.147. The summed E-state index contributed by atoms with van der Waals surface area (Å²) in [5.41, 5.74) is 2.73. The number of amides is 4. The maximum Gasteiger partial charge on any atom is 0.325 e. The minimum Gasteiger partial charge on any atom is -0.491 e. The van der Waals surface area contributed by atoms with Gasteiger partial charge in [-0.15, -0.1) is 0 Å². The summed E-state index contributed by atoms with van der Waals surface area (Å²) in [6.45, 7) is 2.73. The number of carbonyl (C=O) groups is 3. The van der Waals surface area contributed by atoms with Crippen molar-refractivity contribution in [2.24, 2.45) is 0 Å². The molecule has 2 atom stereocenters. The number of nitrogens with zero attached hydrogens (tertiary/aromatic N) is 1. The lowest BCUT2D eigenvalue weighted by molar-refractivity contribution is -0.134. The fourth-order valence-corrected chi connectivity index (χ4v) is 4.37. The molecule has 2 N–H and O–H groups in total. The lowest BCUT2D eigenvalue weighted by Gasteiger charge is -2.25. The van der Waals surface area contributed by atoms with E-state index in [9.17, 15) is 14.4 Å². The van der Waals surface area contributed by atoms with E-state index in [-0.39, 0.29) is 6.42 Å². The summed E-state index contributed by atoms with van der Waals surface area (Å²) >= 11 is 6.32. The van der Waals surface area contributed by atoms with Crippen LogP contribution in [0.4, 0.5) is 10.5 Å². The van der Waals surface area contributed by atoms with Crippen LogP contribution < -0.4 is 15.4 Å². The standard InChI is InChI=1S/C28H28ClN3O5/c1-18-8-13-23(22(29)16-18)30-26(33)24(17-19-6-4-3-5-7-19)32-27(34)25(31-28(32)35)20-9-11-21(12-10-20)37-15-14-36-2/h3-13,16,24-25H,14-15,17H2,1-2H3,(H,30,33)(H,31,35)/t24?,25-/m1/s1. The van der Waals surface area contributed by atoms with Crippen molar-refractivity contribution in [3.8, 4) is 5.75 Å². The molecule has 1 fully saturated rings. The maximum absolute atomic E-state index is 13.5. The molecule has 1 aliphatic rings. The second-order valence-corrected chi connectivity index (χ2v) is 9.09. The van der Waals surface area contributed by atoms with Crippen LogP contribution in [0.1, 0.15) is 22.7 Å². The molecule has 0 aromatic heterocycles. The molecule has 0 spiro atoms. The molecule has 9 heteroatoms. The number of halogens is 1. The molecule has 3 aromatic rings. The van der Waals surface area contributed by atoms with Crippen LogP contribution in [-0.2, 0) is 20.7 Å². The fraction of sp³-hybridized carbons (Fsp3) is 0.250. The van der Waals surface area contributed by atoms with E-state index < -0.39 is 29.9 Å². The average molecular weight is 522 g/mol. The van der Waals surface area contributed by atoms with Crippen LogP contribution in [0, 0.1) is 6.92 Å². The molecule has 37 heavy (non-hydrogen) atoms. The van der Waals surface area contributed by atoms with Gasteiger partial charge in [-0.1, -0.05) is 60.1 Å². The van der Waals surface area contributed by atoms with Crippen molar-refractivity contribution in [1.29, 1.82) is 0 Å². The summed E-state index contributed by atoms with van der Waals surface area (Å²) < 4.78 is 10.5. The molecule has 1 aliphatic heterocycles. The summed E-state index contributed by atoms with van der Waals surface area (Å²) in [6, 6.07) is 18.7. The van der Waals surface area contributed by atoms with E-state index in [0.29, 0.717) is 35.2 Å². The molecular formula is C28H28ClN3O5. The lowest BCUT2D eigenvalue weighted by Crippen LogP contribution is -2.49. The van der Waals surface area contributed by atoms with Gasteiger partial charge in [0.05, 0.1) is 17.3 Å². The van der Waals surface area contributed by atoms with Crippen molar-refractivity contribution in [1.82, 2.24) is 10.2 Å². The van der Waals surface area contributed by atoms with Crippen molar-refractivity contribution in [2.75, 3.05) is 25.6 Å². The van der Waals surface area contributed by atoms with Gasteiger partial charge >= 0.3 is 6.03 Å². The van der Waals surface area contributed by atoms with Crippen LogP contribution in [0.5, 0.6) is 5.75 Å². The van der Waals surface area contributed by atoms with Gasteiger partial charge < -0.3 is 20.1 Å². The number of hydrogen-bond donors (Lipinski definition) is 2. The summed E-state index contributed by atoms with van der Waals surface area (Å²) in [7, 11) is 1.59. The largest absolute Gasteiger partial charge is 0.491 e. The topological polar surface area (TPSA) is 97.0 Å². The van der Waals surface area contributed by atoms with Gasteiger partial charge in [0.25, 0.3) is 5.91 Å². The van der Waals surface area contributed by atoms with Crippen molar-refractivity contribution in [3.05, 3.63) is 94.5 Å². The average Bonchev–Trinajstić information content (AvgIpc) is 3.19. The van der Waals surface area contributed by atoms with Crippen LogP contribution >= 0.6 is 11.6 Å². The quantitative estimate of drug-likeness (QED) is 0.302. The van der Waals surface area contributed by atoms with E-state index in [4.69, 9.17) is 21.1 Å². The van der Waals surface area contributed by atoms with Gasteiger partial charge in [0.2, 0.25) is 5.91 Å². The molecule has 1 saturated heterocycles. The zero-order valence-corrected chi connectivity index (χ0v) is 21.3. The molecule has 3 aromatic carbocycles. The smallest absolute Gasteiger partial charge is 0.325 e. The third-order valence-electron chi connectivity index (χ3n) is 6.01. The molecule has 1 unspecified atom stereocenters. The molecule has 192 valence electrons. The van der Waals surface area contributed by atoms with E-state index in [1.54, 1.807) is 43.5 Å². The minimum atomic E-state index is -1.09. The molecule has 8 nitrogen and oxygen atoms in total. The number of benzene rings is 3. The molecule has 0 radical (unpaired) electrons. The zero-order chi connectivity index (χ0) is 26.4. The van der Waals surface area contributed by atoms with E-state index >= 15 is 0 Å². The zero-order valence-electron chi connectivity index (χ0n) is 20.6. The Labute approximate surface area is 220 Å². The van der Waals surface area contributed by atoms with Crippen LogP contribution in [0.25, 0.3) is 0 Å². The number of anilines is 1. The number of imide groups is 1. The SMILES string of the molecule is COCCOc1ccc([C@H]2NC(=O)N(C(Cc3ccccc3)C(=O)Nc3ccc(C)cc3Cl)C2=O)cc1. The molecular weight excluding hydrogens is 494 g/mol. The molecule has 0 aliphatic carbocycles. The Kier molecular flexibility index (Phi) is 8.43. The molecule has 4 amide bonds. The van der Waals surface area contributed by atoms with Gasteiger partial charge in [-0.25, -0.2) is 9.69 Å². The highest BCUT2D eigenvalue weighted by atomic mass is 35.5. The van der Waals surface area contributed by atoms with E-state index in [0.717, 1.165) is 16.0 Å². The van der Waals surface area contributed by atoms with Gasteiger partial charge in [0.15, 0.2) is 0 Å². The molecule has 0 bridgehead atoms. The number of urea groups is 1. The summed E-state index contributed by atoms with van der Waals surface area (Å²) in [5.74, 6) is -0.407. The van der Waals surface area contributed by atoms with Gasteiger partial charge in [0.1, 0.15) is 24.4 Å². The number of methoxy groups -OCH3 is 1. The highest BCUT2D eigenvalue weighted by molar-refractivity contribution is 6.33. The van der Waals surface area contributed by atoms with Crippen LogP contribution in [0.3, 0.4) is 0 Å². The molecule has 4 rings (SSSR count). The normalized spacial score (nSPS) is 15.9. The fourth-order valence-electron chi connectivity index (χ4n) is 4.09. The Bertz CT molecular complexity index is 1270. The van der Waals surface area contributed by atoms with Crippen LogP contribution in [0.15, 0.2) is 72.8 Å².